The lowest BCUT2D eigenvalue weighted by atomic mass is 9.90. The van der Waals surface area contributed by atoms with E-state index in [1.54, 1.807) is 18.2 Å². The van der Waals surface area contributed by atoms with Gasteiger partial charge in [0.05, 0.1) is 22.2 Å². The summed E-state index contributed by atoms with van der Waals surface area (Å²) < 4.78 is 25.5. The van der Waals surface area contributed by atoms with Crippen molar-refractivity contribution in [1.29, 1.82) is 0 Å². The van der Waals surface area contributed by atoms with Crippen LogP contribution in [0.1, 0.15) is 30.0 Å². The van der Waals surface area contributed by atoms with Gasteiger partial charge in [0.15, 0.2) is 9.84 Å². The van der Waals surface area contributed by atoms with E-state index in [-0.39, 0.29) is 5.92 Å². The zero-order valence-corrected chi connectivity index (χ0v) is 18.0. The number of amides is 1. The first-order valence-electron chi connectivity index (χ1n) is 9.63. The summed E-state index contributed by atoms with van der Waals surface area (Å²) in [5, 5.41) is 10.5. The molecule has 2 aromatic heterocycles. The molecule has 9 heteroatoms. The summed E-state index contributed by atoms with van der Waals surface area (Å²) >= 11 is 6.52. The van der Waals surface area contributed by atoms with Crippen LogP contribution < -0.4 is 0 Å². The maximum absolute atomic E-state index is 11.8. The minimum Gasteiger partial charge on any atom is -0.465 e. The maximum Gasteiger partial charge on any atom is 0.407 e. The van der Waals surface area contributed by atoms with Crippen LogP contribution >= 0.6 is 11.6 Å². The summed E-state index contributed by atoms with van der Waals surface area (Å²) in [6.45, 7) is 1.51. The highest BCUT2D eigenvalue weighted by atomic mass is 35.5. The number of likely N-dealkylation sites (tertiary alicyclic amines) is 1. The minimum atomic E-state index is -3.25. The number of aromatic nitrogens is 2. The third kappa shape index (κ3) is 4.15. The second kappa shape index (κ2) is 7.92. The van der Waals surface area contributed by atoms with Crippen molar-refractivity contribution >= 4 is 38.4 Å². The Morgan fingerprint density at radius 1 is 1.23 bits per heavy atom. The smallest absolute Gasteiger partial charge is 0.407 e. The van der Waals surface area contributed by atoms with Gasteiger partial charge < -0.3 is 14.6 Å². The monoisotopic (exact) mass is 447 g/mol. The summed E-state index contributed by atoms with van der Waals surface area (Å²) in [7, 11) is -3.25. The number of nitrogens with zero attached hydrogens (tertiary/aromatic N) is 3. The predicted molar refractivity (Wildman–Crippen MR) is 115 cm³/mol. The molecule has 0 aliphatic carbocycles. The van der Waals surface area contributed by atoms with E-state index in [1.165, 1.54) is 11.2 Å². The highest BCUT2D eigenvalue weighted by Gasteiger charge is 2.24. The van der Waals surface area contributed by atoms with Crippen LogP contribution in [-0.4, -0.2) is 53.4 Å². The van der Waals surface area contributed by atoms with Crippen molar-refractivity contribution in [2.24, 2.45) is 0 Å². The fourth-order valence-corrected chi connectivity index (χ4v) is 4.82. The van der Waals surface area contributed by atoms with E-state index in [1.807, 2.05) is 29.1 Å². The molecule has 158 valence electrons. The van der Waals surface area contributed by atoms with Gasteiger partial charge >= 0.3 is 6.09 Å². The highest BCUT2D eigenvalue weighted by molar-refractivity contribution is 7.90. The largest absolute Gasteiger partial charge is 0.465 e. The van der Waals surface area contributed by atoms with Gasteiger partial charge in [0.2, 0.25) is 0 Å². The predicted octanol–water partition coefficient (Wildman–Crippen LogP) is 4.00. The number of hydrogen-bond acceptors (Lipinski definition) is 4. The Morgan fingerprint density at radius 3 is 2.60 bits per heavy atom. The maximum atomic E-state index is 11.8. The number of carboxylic acid groups (broad SMARTS) is 1. The molecule has 0 bridgehead atoms. The number of halogens is 1. The third-order valence-electron chi connectivity index (χ3n) is 5.67. The van der Waals surface area contributed by atoms with Gasteiger partial charge in [0, 0.05) is 42.6 Å². The number of carbonyl (C=O) groups is 1. The molecule has 3 aromatic rings. The van der Waals surface area contributed by atoms with Gasteiger partial charge in [-0.1, -0.05) is 11.6 Å². The Kier molecular flexibility index (Phi) is 5.46. The van der Waals surface area contributed by atoms with Crippen molar-refractivity contribution in [3.63, 3.8) is 0 Å². The van der Waals surface area contributed by atoms with Gasteiger partial charge in [0.1, 0.15) is 0 Å². The average molecular weight is 448 g/mol. The molecule has 1 aromatic carbocycles. The topological polar surface area (TPSA) is 92.5 Å². The van der Waals surface area contributed by atoms with Crippen molar-refractivity contribution in [3.05, 3.63) is 59.0 Å². The number of sulfone groups is 1. The standard InChI is InChI=1S/C21H22ClN3O4S/c1-30(28,29)17-2-3-20-15(10-17)6-9-25(20)13-19-18(22)11-16(12-23-19)14-4-7-24(8-5-14)21(26)27/h2-3,6,9-12,14H,4-5,7-8,13H2,1H3,(H,26,27). The van der Waals surface area contributed by atoms with E-state index in [2.05, 4.69) is 4.98 Å². The molecular weight excluding hydrogens is 426 g/mol. The molecule has 4 rings (SSSR count). The van der Waals surface area contributed by atoms with E-state index < -0.39 is 15.9 Å². The fourth-order valence-electron chi connectivity index (χ4n) is 3.93. The van der Waals surface area contributed by atoms with Crippen LogP contribution in [-0.2, 0) is 16.4 Å². The van der Waals surface area contributed by atoms with Crippen molar-refractivity contribution in [1.82, 2.24) is 14.5 Å². The summed E-state index contributed by atoms with van der Waals surface area (Å²) in [6, 6.07) is 8.88. The lowest BCUT2D eigenvalue weighted by molar-refractivity contribution is 0.132. The quantitative estimate of drug-likeness (QED) is 0.652. The Bertz CT molecular complexity index is 1210. The molecule has 1 amide bonds. The van der Waals surface area contributed by atoms with Gasteiger partial charge in [-0.2, -0.15) is 0 Å². The van der Waals surface area contributed by atoms with Crippen molar-refractivity contribution in [3.8, 4) is 0 Å². The lowest BCUT2D eigenvalue weighted by Crippen LogP contribution is -2.36. The van der Waals surface area contributed by atoms with Crippen molar-refractivity contribution < 1.29 is 18.3 Å². The first-order valence-corrected chi connectivity index (χ1v) is 11.9. The average Bonchev–Trinajstić information content (AvgIpc) is 3.11. The molecule has 30 heavy (non-hydrogen) atoms. The molecule has 0 unspecified atom stereocenters. The molecule has 7 nitrogen and oxygen atoms in total. The van der Waals surface area contributed by atoms with Crippen molar-refractivity contribution in [2.75, 3.05) is 19.3 Å². The number of fused-ring (bicyclic) bond motifs is 1. The molecule has 0 atom stereocenters. The van der Waals surface area contributed by atoms with Gasteiger partial charge in [-0.3, -0.25) is 4.98 Å². The third-order valence-corrected chi connectivity index (χ3v) is 7.10. The summed E-state index contributed by atoms with van der Waals surface area (Å²) in [5.41, 5.74) is 2.67. The van der Waals surface area contributed by atoms with Gasteiger partial charge in [-0.25, -0.2) is 13.2 Å². The molecule has 1 fully saturated rings. The molecular formula is C21H22ClN3O4S. The molecule has 0 radical (unpaired) electrons. The number of rotatable bonds is 4. The Morgan fingerprint density at radius 2 is 1.97 bits per heavy atom. The molecule has 1 N–H and O–H groups in total. The zero-order valence-electron chi connectivity index (χ0n) is 16.5. The Hall–Kier alpha value is -2.58. The number of pyridine rings is 1. The van der Waals surface area contributed by atoms with Crippen LogP contribution in [0, 0.1) is 0 Å². The van der Waals surface area contributed by atoms with Crippen LogP contribution in [0.2, 0.25) is 5.02 Å². The van der Waals surface area contributed by atoms with E-state index in [0.29, 0.717) is 29.6 Å². The van der Waals surface area contributed by atoms with Gasteiger partial charge in [-0.05, 0) is 54.7 Å². The highest BCUT2D eigenvalue weighted by Crippen LogP contribution is 2.30. The molecule has 0 saturated carbocycles. The van der Waals surface area contributed by atoms with E-state index in [9.17, 15) is 13.2 Å². The number of benzene rings is 1. The van der Waals surface area contributed by atoms with E-state index in [0.717, 1.165) is 35.0 Å². The van der Waals surface area contributed by atoms with Crippen LogP contribution in [0.4, 0.5) is 4.79 Å². The van der Waals surface area contributed by atoms with E-state index >= 15 is 0 Å². The summed E-state index contributed by atoms with van der Waals surface area (Å²) in [6.07, 6.45) is 5.56. The second-order valence-electron chi connectivity index (χ2n) is 7.68. The van der Waals surface area contributed by atoms with Gasteiger partial charge in [0.25, 0.3) is 0 Å². The molecule has 1 aliphatic heterocycles. The van der Waals surface area contributed by atoms with Crippen molar-refractivity contribution in [2.45, 2.75) is 30.2 Å². The zero-order chi connectivity index (χ0) is 21.5. The summed E-state index contributed by atoms with van der Waals surface area (Å²) in [4.78, 5) is 17.4. The number of piperidine rings is 1. The number of hydrogen-bond donors (Lipinski definition) is 1. The first kappa shape index (κ1) is 20.7. The van der Waals surface area contributed by atoms with Crippen LogP contribution in [0.3, 0.4) is 0 Å². The Labute approximate surface area is 179 Å². The molecule has 0 spiro atoms. The first-order chi connectivity index (χ1) is 14.2. The fraction of sp³-hybridized carbons (Fsp3) is 0.333. The molecule has 1 aliphatic rings. The summed E-state index contributed by atoms with van der Waals surface area (Å²) in [5.74, 6) is 0.251. The van der Waals surface area contributed by atoms with E-state index in [4.69, 9.17) is 16.7 Å². The Balaban J connectivity index is 1.53. The molecule has 1 saturated heterocycles. The van der Waals surface area contributed by atoms with Crippen LogP contribution in [0.15, 0.2) is 47.6 Å². The van der Waals surface area contributed by atoms with Crippen LogP contribution in [0.5, 0.6) is 0 Å². The minimum absolute atomic E-state index is 0.251. The van der Waals surface area contributed by atoms with Gasteiger partial charge in [-0.15, -0.1) is 0 Å². The lowest BCUT2D eigenvalue weighted by Gasteiger charge is -2.30. The second-order valence-corrected chi connectivity index (χ2v) is 10.1. The van der Waals surface area contributed by atoms with Crippen LogP contribution in [0.25, 0.3) is 10.9 Å². The SMILES string of the molecule is CS(=O)(=O)c1ccc2c(ccn2Cc2ncc(C3CCN(C(=O)O)CC3)cc2Cl)c1. The molecule has 3 heterocycles. The normalized spacial score (nSPS) is 15.6.